The number of likely N-dealkylation sites (tertiary alicyclic amines) is 1. The molecule has 1 fully saturated rings. The zero-order valence-electron chi connectivity index (χ0n) is 16.4. The van der Waals surface area contributed by atoms with Gasteiger partial charge in [0, 0.05) is 31.4 Å². The first kappa shape index (κ1) is 19.7. The van der Waals surface area contributed by atoms with E-state index in [2.05, 4.69) is 25.5 Å². The fourth-order valence-corrected chi connectivity index (χ4v) is 3.16. The van der Waals surface area contributed by atoms with Crippen LogP contribution in [0.3, 0.4) is 0 Å². The van der Waals surface area contributed by atoms with Crippen molar-refractivity contribution in [3.63, 3.8) is 0 Å². The highest BCUT2D eigenvalue weighted by Crippen LogP contribution is 2.31. The van der Waals surface area contributed by atoms with Gasteiger partial charge in [0.2, 0.25) is 5.95 Å². The summed E-state index contributed by atoms with van der Waals surface area (Å²) in [5, 5.41) is 15.2. The van der Waals surface area contributed by atoms with Crippen molar-refractivity contribution in [1.82, 2.24) is 14.9 Å². The molecule has 1 saturated heterocycles. The number of benzene rings is 1. The summed E-state index contributed by atoms with van der Waals surface area (Å²) in [7, 11) is 3.37. The molecule has 0 bridgehead atoms. The maximum atomic E-state index is 9.12. The zero-order valence-corrected chi connectivity index (χ0v) is 16.4. The van der Waals surface area contributed by atoms with Crippen LogP contribution in [0.15, 0.2) is 24.3 Å². The number of anilines is 3. The van der Waals surface area contributed by atoms with Gasteiger partial charge in [0.1, 0.15) is 17.6 Å². The van der Waals surface area contributed by atoms with E-state index in [1.165, 1.54) is 25.9 Å². The van der Waals surface area contributed by atoms with E-state index in [-0.39, 0.29) is 5.69 Å². The van der Waals surface area contributed by atoms with E-state index in [4.69, 9.17) is 14.7 Å². The van der Waals surface area contributed by atoms with Gasteiger partial charge in [0.05, 0.1) is 13.7 Å². The quantitative estimate of drug-likeness (QED) is 0.639. The van der Waals surface area contributed by atoms with Crippen molar-refractivity contribution in [2.75, 3.05) is 51.0 Å². The Morgan fingerprint density at radius 3 is 2.71 bits per heavy atom. The molecular formula is C20H26N6O2. The lowest BCUT2D eigenvalue weighted by Crippen LogP contribution is -2.21. The molecule has 148 valence electrons. The summed E-state index contributed by atoms with van der Waals surface area (Å²) < 4.78 is 11.4. The molecule has 2 heterocycles. The summed E-state index contributed by atoms with van der Waals surface area (Å²) in [6.45, 7) is 4.07. The number of ether oxygens (including phenoxy) is 2. The van der Waals surface area contributed by atoms with Gasteiger partial charge in [-0.15, -0.1) is 0 Å². The largest absolute Gasteiger partial charge is 0.493 e. The third-order valence-electron chi connectivity index (χ3n) is 4.59. The molecular weight excluding hydrogens is 356 g/mol. The van der Waals surface area contributed by atoms with Crippen molar-refractivity contribution in [1.29, 1.82) is 5.26 Å². The summed E-state index contributed by atoms with van der Waals surface area (Å²) >= 11 is 0. The summed E-state index contributed by atoms with van der Waals surface area (Å²) in [6.07, 6.45) is 3.57. The number of nitriles is 1. The second kappa shape index (κ2) is 9.76. The second-order valence-corrected chi connectivity index (χ2v) is 6.57. The molecule has 0 saturated carbocycles. The lowest BCUT2D eigenvalue weighted by Gasteiger charge is -2.16. The van der Waals surface area contributed by atoms with Gasteiger partial charge in [-0.1, -0.05) is 0 Å². The molecule has 1 aromatic carbocycles. The van der Waals surface area contributed by atoms with Crippen LogP contribution in [0.2, 0.25) is 0 Å². The van der Waals surface area contributed by atoms with Crippen molar-refractivity contribution in [2.45, 2.75) is 19.3 Å². The molecule has 0 amide bonds. The standard InChI is InChI=1S/C20H26N6O2/c1-22-19-13-16(14-21)24-20(25-19)23-15-6-7-17(27-2)18(12-15)28-11-5-10-26-8-3-4-9-26/h6-7,12-13H,3-5,8-11H2,1-2H3,(H2,22,23,24,25). The Labute approximate surface area is 165 Å². The van der Waals surface area contributed by atoms with E-state index in [9.17, 15) is 0 Å². The number of rotatable bonds is 9. The highest BCUT2D eigenvalue weighted by molar-refractivity contribution is 5.61. The molecule has 2 N–H and O–H groups in total. The lowest BCUT2D eigenvalue weighted by molar-refractivity contribution is 0.254. The van der Waals surface area contributed by atoms with Gasteiger partial charge in [0.25, 0.3) is 0 Å². The Hall–Kier alpha value is -3.05. The SMILES string of the molecule is CNc1cc(C#N)nc(Nc2ccc(OC)c(OCCCN3CCCC3)c2)n1. The van der Waals surface area contributed by atoms with Crippen LogP contribution in [0.5, 0.6) is 11.5 Å². The first-order chi connectivity index (χ1) is 13.7. The van der Waals surface area contributed by atoms with Crippen LogP contribution in [-0.4, -0.2) is 55.3 Å². The van der Waals surface area contributed by atoms with E-state index < -0.39 is 0 Å². The fourth-order valence-electron chi connectivity index (χ4n) is 3.16. The van der Waals surface area contributed by atoms with Gasteiger partial charge < -0.3 is 25.0 Å². The van der Waals surface area contributed by atoms with Crippen LogP contribution in [0.4, 0.5) is 17.5 Å². The van der Waals surface area contributed by atoms with Crippen LogP contribution >= 0.6 is 0 Å². The van der Waals surface area contributed by atoms with Gasteiger partial charge in [-0.25, -0.2) is 4.98 Å². The molecule has 0 spiro atoms. The molecule has 0 unspecified atom stereocenters. The number of methoxy groups -OCH3 is 1. The van der Waals surface area contributed by atoms with Crippen molar-refractivity contribution in [3.05, 3.63) is 30.0 Å². The molecule has 1 aliphatic heterocycles. The molecule has 28 heavy (non-hydrogen) atoms. The molecule has 1 aromatic heterocycles. The maximum absolute atomic E-state index is 9.12. The molecule has 0 atom stereocenters. The Balaban J connectivity index is 1.65. The second-order valence-electron chi connectivity index (χ2n) is 6.57. The summed E-state index contributed by atoms with van der Waals surface area (Å²) in [6, 6.07) is 9.18. The van der Waals surface area contributed by atoms with Crippen LogP contribution in [-0.2, 0) is 0 Å². The minimum atomic E-state index is 0.286. The highest BCUT2D eigenvalue weighted by Gasteiger charge is 2.12. The summed E-state index contributed by atoms with van der Waals surface area (Å²) in [5.74, 6) is 2.25. The number of aromatic nitrogens is 2. The van der Waals surface area contributed by atoms with E-state index in [1.54, 1.807) is 20.2 Å². The molecule has 1 aliphatic rings. The average molecular weight is 382 g/mol. The van der Waals surface area contributed by atoms with Gasteiger partial charge in [-0.05, 0) is 44.5 Å². The molecule has 2 aromatic rings. The maximum Gasteiger partial charge on any atom is 0.230 e. The van der Waals surface area contributed by atoms with E-state index in [0.717, 1.165) is 18.7 Å². The molecule has 8 heteroatoms. The van der Waals surface area contributed by atoms with Crippen molar-refractivity contribution in [3.8, 4) is 17.6 Å². The van der Waals surface area contributed by atoms with E-state index in [0.29, 0.717) is 29.9 Å². The van der Waals surface area contributed by atoms with Crippen LogP contribution in [0, 0.1) is 11.3 Å². The Morgan fingerprint density at radius 2 is 2.00 bits per heavy atom. The predicted octanol–water partition coefficient (Wildman–Crippen LogP) is 3.01. The summed E-state index contributed by atoms with van der Waals surface area (Å²) in [4.78, 5) is 11.0. The number of hydrogen-bond donors (Lipinski definition) is 2. The number of nitrogens with zero attached hydrogens (tertiary/aromatic N) is 4. The van der Waals surface area contributed by atoms with Crippen LogP contribution in [0.1, 0.15) is 25.0 Å². The molecule has 0 radical (unpaired) electrons. The van der Waals surface area contributed by atoms with Gasteiger partial charge >= 0.3 is 0 Å². The molecule has 8 nitrogen and oxygen atoms in total. The smallest absolute Gasteiger partial charge is 0.230 e. The average Bonchev–Trinajstić information content (AvgIpc) is 3.24. The number of hydrogen-bond acceptors (Lipinski definition) is 8. The third kappa shape index (κ3) is 5.24. The van der Waals surface area contributed by atoms with Gasteiger partial charge in [-0.2, -0.15) is 10.2 Å². The van der Waals surface area contributed by atoms with Gasteiger partial charge in [0.15, 0.2) is 11.5 Å². The zero-order chi connectivity index (χ0) is 19.8. The van der Waals surface area contributed by atoms with Crippen molar-refractivity contribution >= 4 is 17.5 Å². The Morgan fingerprint density at radius 1 is 1.18 bits per heavy atom. The Bertz CT molecular complexity index is 830. The topological polar surface area (TPSA) is 95.3 Å². The van der Waals surface area contributed by atoms with Crippen LogP contribution < -0.4 is 20.1 Å². The Kier molecular flexibility index (Phi) is 6.87. The first-order valence-electron chi connectivity index (χ1n) is 9.49. The highest BCUT2D eigenvalue weighted by atomic mass is 16.5. The summed E-state index contributed by atoms with van der Waals surface area (Å²) in [5.41, 5.74) is 1.04. The third-order valence-corrected chi connectivity index (χ3v) is 4.59. The minimum Gasteiger partial charge on any atom is -0.493 e. The van der Waals surface area contributed by atoms with Crippen molar-refractivity contribution < 1.29 is 9.47 Å². The normalized spacial score (nSPS) is 13.8. The van der Waals surface area contributed by atoms with E-state index in [1.807, 2.05) is 24.3 Å². The monoisotopic (exact) mass is 382 g/mol. The molecule has 3 rings (SSSR count). The predicted molar refractivity (Wildman–Crippen MR) is 108 cm³/mol. The van der Waals surface area contributed by atoms with Crippen LogP contribution in [0.25, 0.3) is 0 Å². The first-order valence-corrected chi connectivity index (χ1v) is 9.49. The minimum absolute atomic E-state index is 0.286. The van der Waals surface area contributed by atoms with E-state index >= 15 is 0 Å². The lowest BCUT2D eigenvalue weighted by atomic mass is 10.2. The van der Waals surface area contributed by atoms with Gasteiger partial charge in [-0.3, -0.25) is 0 Å². The molecule has 0 aliphatic carbocycles. The number of nitrogens with one attached hydrogen (secondary N) is 2. The fraction of sp³-hybridized carbons (Fsp3) is 0.450. The van der Waals surface area contributed by atoms with Crippen molar-refractivity contribution in [2.24, 2.45) is 0 Å².